The SMILES string of the molecule is O=C(Cc1ccc2c(c1)CCC2)N1CCN(C(=O)c2ccc(F)cc2)CC1. The van der Waals surface area contributed by atoms with E-state index in [-0.39, 0.29) is 17.6 Å². The Morgan fingerprint density at radius 3 is 2.26 bits per heavy atom. The summed E-state index contributed by atoms with van der Waals surface area (Å²) >= 11 is 0. The molecule has 4 rings (SSSR count). The molecule has 2 aromatic rings. The zero-order valence-corrected chi connectivity index (χ0v) is 15.3. The van der Waals surface area contributed by atoms with Gasteiger partial charge in [-0.1, -0.05) is 18.2 Å². The minimum Gasteiger partial charge on any atom is -0.339 e. The number of rotatable bonds is 3. The molecule has 0 spiro atoms. The van der Waals surface area contributed by atoms with Gasteiger partial charge >= 0.3 is 0 Å². The van der Waals surface area contributed by atoms with E-state index in [2.05, 4.69) is 18.2 Å². The van der Waals surface area contributed by atoms with Crippen LogP contribution in [0.4, 0.5) is 4.39 Å². The minimum atomic E-state index is -0.353. The van der Waals surface area contributed by atoms with Crippen molar-refractivity contribution in [2.24, 2.45) is 0 Å². The number of carbonyl (C=O) groups excluding carboxylic acids is 2. The molecule has 2 aliphatic rings. The molecule has 0 bridgehead atoms. The van der Waals surface area contributed by atoms with Crippen LogP contribution >= 0.6 is 0 Å². The van der Waals surface area contributed by atoms with Crippen LogP contribution < -0.4 is 0 Å². The van der Waals surface area contributed by atoms with Crippen molar-refractivity contribution in [3.63, 3.8) is 0 Å². The highest BCUT2D eigenvalue weighted by molar-refractivity contribution is 5.94. The molecule has 2 aromatic carbocycles. The van der Waals surface area contributed by atoms with E-state index < -0.39 is 0 Å². The predicted octanol–water partition coefficient (Wildman–Crippen LogP) is 2.84. The van der Waals surface area contributed by atoms with Crippen LogP contribution in [0.15, 0.2) is 42.5 Å². The standard InChI is InChI=1S/C22H23FN2O2/c23-20-8-6-18(7-9-20)22(27)25-12-10-24(11-13-25)21(26)15-16-4-5-17-2-1-3-19(17)14-16/h4-9,14H,1-3,10-13,15H2. The van der Waals surface area contributed by atoms with Gasteiger partial charge in [-0.15, -0.1) is 0 Å². The lowest BCUT2D eigenvalue weighted by Crippen LogP contribution is -2.51. The summed E-state index contributed by atoms with van der Waals surface area (Å²) in [4.78, 5) is 28.7. The van der Waals surface area contributed by atoms with E-state index in [0.29, 0.717) is 38.2 Å². The van der Waals surface area contributed by atoms with E-state index >= 15 is 0 Å². The summed E-state index contributed by atoms with van der Waals surface area (Å²) in [5.74, 6) is -0.351. The summed E-state index contributed by atoms with van der Waals surface area (Å²) in [5, 5.41) is 0. The molecule has 0 N–H and O–H groups in total. The molecule has 1 fully saturated rings. The van der Waals surface area contributed by atoms with Crippen LogP contribution in [-0.2, 0) is 24.1 Å². The number of aryl methyl sites for hydroxylation is 2. The normalized spacial score (nSPS) is 16.3. The van der Waals surface area contributed by atoms with Crippen LogP contribution in [0.5, 0.6) is 0 Å². The Balaban J connectivity index is 1.32. The number of carbonyl (C=O) groups is 2. The average Bonchev–Trinajstić information content (AvgIpc) is 3.16. The molecule has 1 saturated heterocycles. The Bertz CT molecular complexity index is 855. The van der Waals surface area contributed by atoms with Gasteiger partial charge in [-0.05, 0) is 60.2 Å². The molecule has 5 heteroatoms. The van der Waals surface area contributed by atoms with Gasteiger partial charge in [-0.2, -0.15) is 0 Å². The molecule has 4 nitrogen and oxygen atoms in total. The number of fused-ring (bicyclic) bond motifs is 1. The average molecular weight is 366 g/mol. The maximum Gasteiger partial charge on any atom is 0.253 e. The molecule has 27 heavy (non-hydrogen) atoms. The maximum atomic E-state index is 13.0. The number of piperazine rings is 1. The summed E-state index contributed by atoms with van der Waals surface area (Å²) in [5.41, 5.74) is 4.36. The zero-order valence-electron chi connectivity index (χ0n) is 15.3. The first-order valence-electron chi connectivity index (χ1n) is 9.53. The molecule has 1 aliphatic carbocycles. The summed E-state index contributed by atoms with van der Waals surface area (Å²) in [6.07, 6.45) is 3.88. The van der Waals surface area contributed by atoms with Crippen molar-refractivity contribution >= 4 is 11.8 Å². The number of hydrogen-bond donors (Lipinski definition) is 0. The topological polar surface area (TPSA) is 40.6 Å². The molecule has 0 unspecified atom stereocenters. The molecule has 0 radical (unpaired) electrons. The van der Waals surface area contributed by atoms with Crippen LogP contribution in [0.25, 0.3) is 0 Å². The zero-order chi connectivity index (χ0) is 18.8. The van der Waals surface area contributed by atoms with Gasteiger partial charge in [-0.25, -0.2) is 4.39 Å². The lowest BCUT2D eigenvalue weighted by atomic mass is 10.0. The van der Waals surface area contributed by atoms with Crippen molar-refractivity contribution in [3.05, 3.63) is 70.5 Å². The summed E-state index contributed by atoms with van der Waals surface area (Å²) < 4.78 is 13.0. The molecule has 140 valence electrons. The van der Waals surface area contributed by atoms with Gasteiger partial charge in [0.25, 0.3) is 5.91 Å². The first-order chi connectivity index (χ1) is 13.1. The van der Waals surface area contributed by atoms with Gasteiger partial charge in [0.05, 0.1) is 6.42 Å². The second kappa shape index (κ2) is 7.51. The Morgan fingerprint density at radius 2 is 1.52 bits per heavy atom. The Hall–Kier alpha value is -2.69. The molecule has 0 atom stereocenters. The van der Waals surface area contributed by atoms with E-state index in [0.717, 1.165) is 18.4 Å². The number of nitrogens with zero attached hydrogens (tertiary/aromatic N) is 2. The van der Waals surface area contributed by atoms with Crippen molar-refractivity contribution in [2.75, 3.05) is 26.2 Å². The van der Waals surface area contributed by atoms with Crippen LogP contribution in [0, 0.1) is 5.82 Å². The van der Waals surface area contributed by atoms with Gasteiger partial charge in [0, 0.05) is 31.7 Å². The predicted molar refractivity (Wildman–Crippen MR) is 101 cm³/mol. The molecular weight excluding hydrogens is 343 g/mol. The van der Waals surface area contributed by atoms with Gasteiger partial charge in [0.1, 0.15) is 5.82 Å². The van der Waals surface area contributed by atoms with Gasteiger partial charge in [0.2, 0.25) is 5.91 Å². The van der Waals surface area contributed by atoms with E-state index in [1.165, 1.54) is 41.8 Å². The number of benzene rings is 2. The Kier molecular flexibility index (Phi) is 4.92. The summed E-state index contributed by atoms with van der Waals surface area (Å²) in [6, 6.07) is 12.0. The number of amides is 2. The van der Waals surface area contributed by atoms with Gasteiger partial charge in [0.15, 0.2) is 0 Å². The van der Waals surface area contributed by atoms with Crippen molar-refractivity contribution in [3.8, 4) is 0 Å². The minimum absolute atomic E-state index is 0.110. The Morgan fingerprint density at radius 1 is 0.852 bits per heavy atom. The molecular formula is C22H23FN2O2. The smallest absolute Gasteiger partial charge is 0.253 e. The van der Waals surface area contributed by atoms with E-state index in [9.17, 15) is 14.0 Å². The highest BCUT2D eigenvalue weighted by Crippen LogP contribution is 2.23. The van der Waals surface area contributed by atoms with Crippen molar-refractivity contribution in [1.82, 2.24) is 9.80 Å². The lowest BCUT2D eigenvalue weighted by molar-refractivity contribution is -0.131. The first-order valence-corrected chi connectivity index (χ1v) is 9.53. The van der Waals surface area contributed by atoms with Crippen molar-refractivity contribution in [1.29, 1.82) is 0 Å². The largest absolute Gasteiger partial charge is 0.339 e. The van der Waals surface area contributed by atoms with Gasteiger partial charge < -0.3 is 9.80 Å². The molecule has 2 amide bonds. The second-order valence-corrected chi connectivity index (χ2v) is 7.31. The molecule has 1 aliphatic heterocycles. The fourth-order valence-corrected chi connectivity index (χ4v) is 3.96. The number of hydrogen-bond acceptors (Lipinski definition) is 2. The first kappa shape index (κ1) is 17.7. The highest BCUT2D eigenvalue weighted by Gasteiger charge is 2.25. The third-order valence-corrected chi connectivity index (χ3v) is 5.53. The molecule has 0 saturated carbocycles. The van der Waals surface area contributed by atoms with Crippen LogP contribution in [0.3, 0.4) is 0 Å². The fourth-order valence-electron chi connectivity index (χ4n) is 3.96. The Labute approximate surface area is 158 Å². The lowest BCUT2D eigenvalue weighted by Gasteiger charge is -2.35. The third kappa shape index (κ3) is 3.87. The summed E-state index contributed by atoms with van der Waals surface area (Å²) in [7, 11) is 0. The van der Waals surface area contributed by atoms with E-state index in [4.69, 9.17) is 0 Å². The van der Waals surface area contributed by atoms with Gasteiger partial charge in [-0.3, -0.25) is 9.59 Å². The fraction of sp³-hybridized carbons (Fsp3) is 0.364. The molecule has 1 heterocycles. The third-order valence-electron chi connectivity index (χ3n) is 5.53. The highest BCUT2D eigenvalue weighted by atomic mass is 19.1. The van der Waals surface area contributed by atoms with Crippen LogP contribution in [0.1, 0.15) is 33.5 Å². The monoisotopic (exact) mass is 366 g/mol. The number of halogens is 1. The van der Waals surface area contributed by atoms with Crippen molar-refractivity contribution in [2.45, 2.75) is 25.7 Å². The molecule has 0 aromatic heterocycles. The second-order valence-electron chi connectivity index (χ2n) is 7.31. The quantitative estimate of drug-likeness (QED) is 0.838. The summed E-state index contributed by atoms with van der Waals surface area (Å²) in [6.45, 7) is 2.09. The van der Waals surface area contributed by atoms with Crippen LogP contribution in [0.2, 0.25) is 0 Å². The van der Waals surface area contributed by atoms with Crippen LogP contribution in [-0.4, -0.2) is 47.8 Å². The van der Waals surface area contributed by atoms with E-state index in [1.807, 2.05) is 4.90 Å². The van der Waals surface area contributed by atoms with E-state index in [1.54, 1.807) is 4.90 Å². The maximum absolute atomic E-state index is 13.0. The van der Waals surface area contributed by atoms with Crippen molar-refractivity contribution < 1.29 is 14.0 Å².